The van der Waals surface area contributed by atoms with Gasteiger partial charge in [0, 0.05) is 35.3 Å². The Morgan fingerprint density at radius 1 is 1.06 bits per heavy atom. The number of amides is 1. The van der Waals surface area contributed by atoms with E-state index in [0.717, 1.165) is 16.6 Å². The Morgan fingerprint density at radius 2 is 1.94 bits per heavy atom. The molecule has 0 bridgehead atoms. The molecule has 2 N–H and O–H groups in total. The molecule has 2 heterocycles. The van der Waals surface area contributed by atoms with Gasteiger partial charge in [0.1, 0.15) is 11.5 Å². The molecule has 0 aliphatic rings. The van der Waals surface area contributed by atoms with Crippen LogP contribution in [0.25, 0.3) is 28.1 Å². The van der Waals surface area contributed by atoms with Gasteiger partial charge in [0.25, 0.3) is 11.6 Å². The Hall–Kier alpha value is -4.79. The van der Waals surface area contributed by atoms with E-state index in [1.54, 1.807) is 24.4 Å². The molecule has 0 saturated carbocycles. The van der Waals surface area contributed by atoms with Crippen LogP contribution in [0.1, 0.15) is 10.4 Å². The van der Waals surface area contributed by atoms with Gasteiger partial charge in [0.15, 0.2) is 0 Å². The van der Waals surface area contributed by atoms with Gasteiger partial charge in [-0.2, -0.15) is 0 Å². The molecular formula is C23H16N6O3. The summed E-state index contributed by atoms with van der Waals surface area (Å²) in [5.41, 5.74) is 3.44. The molecule has 0 aliphatic heterocycles. The quantitative estimate of drug-likeness (QED) is 0.316. The second-order valence-electron chi connectivity index (χ2n) is 7.07. The van der Waals surface area contributed by atoms with E-state index in [-0.39, 0.29) is 11.3 Å². The number of nitro benzene ring substituents is 1. The second kappa shape index (κ2) is 7.80. The van der Waals surface area contributed by atoms with Crippen molar-refractivity contribution in [1.82, 2.24) is 19.5 Å². The molecule has 2 aromatic heterocycles. The number of nitrogens with zero attached hydrogens (tertiary/aromatic N) is 4. The molecule has 9 heteroatoms. The van der Waals surface area contributed by atoms with Crippen molar-refractivity contribution in [3.8, 4) is 17.1 Å². The molecule has 5 aromatic rings. The van der Waals surface area contributed by atoms with Crippen molar-refractivity contribution in [2.75, 3.05) is 5.32 Å². The van der Waals surface area contributed by atoms with Crippen LogP contribution in [0.4, 0.5) is 11.4 Å². The van der Waals surface area contributed by atoms with Crippen molar-refractivity contribution in [2.24, 2.45) is 0 Å². The molecular weight excluding hydrogens is 408 g/mol. The normalized spacial score (nSPS) is 10.9. The summed E-state index contributed by atoms with van der Waals surface area (Å²) in [6.07, 6.45) is 4.59. The number of nitrogens with one attached hydrogen (secondary N) is 2. The lowest BCUT2D eigenvalue weighted by Crippen LogP contribution is -2.13. The third-order valence-electron chi connectivity index (χ3n) is 5.00. The average Bonchev–Trinajstić information content (AvgIpc) is 3.49. The van der Waals surface area contributed by atoms with Crippen molar-refractivity contribution in [3.63, 3.8) is 0 Å². The van der Waals surface area contributed by atoms with E-state index in [9.17, 15) is 14.9 Å². The number of aromatic amines is 1. The van der Waals surface area contributed by atoms with E-state index < -0.39 is 10.8 Å². The number of para-hydroxylation sites is 2. The van der Waals surface area contributed by atoms with E-state index in [0.29, 0.717) is 17.2 Å². The minimum atomic E-state index is -0.520. The van der Waals surface area contributed by atoms with Crippen LogP contribution >= 0.6 is 0 Å². The molecule has 156 valence electrons. The fourth-order valence-electron chi connectivity index (χ4n) is 3.47. The summed E-state index contributed by atoms with van der Waals surface area (Å²) in [4.78, 5) is 35.6. The van der Waals surface area contributed by atoms with Gasteiger partial charge >= 0.3 is 0 Å². The molecule has 0 radical (unpaired) electrons. The molecule has 5 rings (SSSR count). The standard InChI is InChI=1S/C23H16N6O3/c30-23(16-8-9-20(21(13-16)29(31)32)28-11-10-24-14-28)25-17-5-3-4-15(12-17)22-26-18-6-1-2-7-19(18)27-22/h1-14H,(H,25,30)(H,26,27). The fraction of sp³-hybridized carbons (Fsp3) is 0. The monoisotopic (exact) mass is 424 g/mol. The SMILES string of the molecule is O=C(Nc1cccc(-c2nc3ccccc3[nH]2)c1)c1ccc(-n2ccnc2)c([N+](=O)[O-])c1. The molecule has 1 amide bonds. The first kappa shape index (κ1) is 19.2. The maximum Gasteiger partial charge on any atom is 0.294 e. The number of imidazole rings is 2. The highest BCUT2D eigenvalue weighted by molar-refractivity contribution is 6.05. The predicted octanol–water partition coefficient (Wildman–Crippen LogP) is 4.58. The van der Waals surface area contributed by atoms with Crippen LogP contribution in [-0.4, -0.2) is 30.3 Å². The first-order chi connectivity index (χ1) is 15.6. The number of hydrogen-bond donors (Lipinski definition) is 2. The number of benzene rings is 3. The third-order valence-corrected chi connectivity index (χ3v) is 5.00. The average molecular weight is 424 g/mol. The van der Waals surface area contributed by atoms with Crippen molar-refractivity contribution in [3.05, 3.63) is 101 Å². The number of hydrogen-bond acceptors (Lipinski definition) is 5. The Balaban J connectivity index is 1.42. The fourth-order valence-corrected chi connectivity index (χ4v) is 3.47. The summed E-state index contributed by atoms with van der Waals surface area (Å²) >= 11 is 0. The Morgan fingerprint density at radius 3 is 2.72 bits per heavy atom. The molecule has 0 fully saturated rings. The smallest absolute Gasteiger partial charge is 0.294 e. The van der Waals surface area contributed by atoms with E-state index >= 15 is 0 Å². The lowest BCUT2D eigenvalue weighted by Gasteiger charge is -2.09. The topological polar surface area (TPSA) is 119 Å². The van der Waals surface area contributed by atoms with Crippen molar-refractivity contribution < 1.29 is 9.72 Å². The third kappa shape index (κ3) is 3.58. The molecule has 0 atom stereocenters. The van der Waals surface area contributed by atoms with Crippen LogP contribution in [-0.2, 0) is 0 Å². The summed E-state index contributed by atoms with van der Waals surface area (Å²) in [5, 5.41) is 14.4. The summed E-state index contributed by atoms with van der Waals surface area (Å²) in [6, 6.07) is 19.3. The summed E-state index contributed by atoms with van der Waals surface area (Å²) < 4.78 is 1.52. The van der Waals surface area contributed by atoms with Gasteiger partial charge in [0.2, 0.25) is 0 Å². The number of H-pyrrole nitrogens is 1. The summed E-state index contributed by atoms with van der Waals surface area (Å²) in [6.45, 7) is 0. The van der Waals surface area contributed by atoms with Gasteiger partial charge in [-0.15, -0.1) is 0 Å². The van der Waals surface area contributed by atoms with E-state index in [1.807, 2.05) is 36.4 Å². The van der Waals surface area contributed by atoms with Crippen LogP contribution in [0.15, 0.2) is 85.5 Å². The second-order valence-corrected chi connectivity index (χ2v) is 7.07. The summed E-state index contributed by atoms with van der Waals surface area (Å²) in [7, 11) is 0. The molecule has 0 spiro atoms. The van der Waals surface area contributed by atoms with Crippen LogP contribution in [0.3, 0.4) is 0 Å². The maximum absolute atomic E-state index is 12.8. The van der Waals surface area contributed by atoms with Crippen molar-refractivity contribution >= 4 is 28.3 Å². The minimum Gasteiger partial charge on any atom is -0.338 e. The maximum atomic E-state index is 12.8. The highest BCUT2D eigenvalue weighted by atomic mass is 16.6. The van der Waals surface area contributed by atoms with Crippen LogP contribution in [0.5, 0.6) is 0 Å². The van der Waals surface area contributed by atoms with Gasteiger partial charge in [0.05, 0.1) is 22.3 Å². The lowest BCUT2D eigenvalue weighted by atomic mass is 10.1. The van der Waals surface area contributed by atoms with Gasteiger partial charge in [-0.1, -0.05) is 24.3 Å². The van der Waals surface area contributed by atoms with Crippen molar-refractivity contribution in [1.29, 1.82) is 0 Å². The predicted molar refractivity (Wildman–Crippen MR) is 120 cm³/mol. The van der Waals surface area contributed by atoms with Gasteiger partial charge in [-0.3, -0.25) is 14.9 Å². The minimum absolute atomic E-state index is 0.176. The van der Waals surface area contributed by atoms with E-state index in [4.69, 9.17) is 0 Å². The van der Waals surface area contributed by atoms with Gasteiger partial charge in [-0.25, -0.2) is 9.97 Å². The first-order valence-electron chi connectivity index (χ1n) is 9.72. The van der Waals surface area contributed by atoms with Crippen LogP contribution < -0.4 is 5.32 Å². The first-order valence-corrected chi connectivity index (χ1v) is 9.72. The number of anilines is 1. The number of nitro groups is 1. The van der Waals surface area contributed by atoms with Crippen LogP contribution in [0, 0.1) is 10.1 Å². The largest absolute Gasteiger partial charge is 0.338 e. The lowest BCUT2D eigenvalue weighted by molar-refractivity contribution is -0.384. The number of carbonyl (C=O) groups excluding carboxylic acids is 1. The molecule has 32 heavy (non-hydrogen) atoms. The van der Waals surface area contributed by atoms with Crippen molar-refractivity contribution in [2.45, 2.75) is 0 Å². The molecule has 9 nitrogen and oxygen atoms in total. The Bertz CT molecular complexity index is 1420. The highest BCUT2D eigenvalue weighted by Crippen LogP contribution is 2.26. The van der Waals surface area contributed by atoms with Gasteiger partial charge in [-0.05, 0) is 36.4 Å². The summed E-state index contributed by atoms with van der Waals surface area (Å²) in [5.74, 6) is 0.231. The Kier molecular flexibility index (Phi) is 4.68. The number of carbonyl (C=O) groups is 1. The number of fused-ring (bicyclic) bond motifs is 1. The molecule has 0 unspecified atom stereocenters. The zero-order chi connectivity index (χ0) is 22.1. The number of rotatable bonds is 5. The van der Waals surface area contributed by atoms with Gasteiger partial charge < -0.3 is 14.9 Å². The van der Waals surface area contributed by atoms with E-state index in [2.05, 4.69) is 20.3 Å². The zero-order valence-corrected chi connectivity index (χ0v) is 16.6. The Labute approximate surface area is 181 Å². The zero-order valence-electron chi connectivity index (χ0n) is 16.6. The van der Waals surface area contributed by atoms with Crippen LogP contribution in [0.2, 0.25) is 0 Å². The number of aromatic nitrogens is 4. The molecule has 3 aromatic carbocycles. The highest BCUT2D eigenvalue weighted by Gasteiger charge is 2.19. The molecule has 0 aliphatic carbocycles. The molecule has 0 saturated heterocycles. The van der Waals surface area contributed by atoms with E-state index in [1.165, 1.54) is 29.2 Å².